The Morgan fingerprint density at radius 1 is 0.944 bits per heavy atom. The van der Waals surface area contributed by atoms with Crippen LogP contribution in [0.2, 0.25) is 0 Å². The zero-order valence-corrected chi connectivity index (χ0v) is 9.74. The molecule has 0 bridgehead atoms. The number of carbonyl (C=O) groups is 2. The largest absolute Gasteiger partial charge is 0.478 e. The van der Waals surface area contributed by atoms with Gasteiger partial charge in [-0.2, -0.15) is 0 Å². The number of hydrogen-bond donors (Lipinski definition) is 2. The van der Waals surface area contributed by atoms with E-state index < -0.39 is 12.1 Å². The summed E-state index contributed by atoms with van der Waals surface area (Å²) in [5, 5.41) is 17.6. The molecule has 1 heterocycles. The molecule has 1 aliphatic heterocycles. The lowest BCUT2D eigenvalue weighted by Crippen LogP contribution is -2.48. The molecule has 2 N–H and O–H groups in total. The number of anilines is 1. The highest BCUT2D eigenvalue weighted by Crippen LogP contribution is 2.17. The fourth-order valence-electron chi connectivity index (χ4n) is 1.97. The van der Waals surface area contributed by atoms with Crippen LogP contribution in [0.5, 0.6) is 0 Å². The highest BCUT2D eigenvalue weighted by Gasteiger charge is 2.20. The first kappa shape index (κ1) is 12.2. The van der Waals surface area contributed by atoms with Gasteiger partial charge in [-0.25, -0.2) is 9.59 Å². The smallest absolute Gasteiger partial charge is 0.407 e. The zero-order valence-electron chi connectivity index (χ0n) is 9.74. The summed E-state index contributed by atoms with van der Waals surface area (Å²) in [4.78, 5) is 24.9. The van der Waals surface area contributed by atoms with Crippen molar-refractivity contribution in [3.8, 4) is 0 Å². The Hall–Kier alpha value is -2.24. The normalized spacial score (nSPS) is 15.6. The predicted molar refractivity (Wildman–Crippen MR) is 65.2 cm³/mol. The van der Waals surface area contributed by atoms with Crippen molar-refractivity contribution in [3.63, 3.8) is 0 Å². The van der Waals surface area contributed by atoms with Crippen LogP contribution < -0.4 is 4.90 Å². The highest BCUT2D eigenvalue weighted by molar-refractivity contribution is 5.88. The van der Waals surface area contributed by atoms with Gasteiger partial charge in [-0.3, -0.25) is 0 Å². The number of benzene rings is 1. The van der Waals surface area contributed by atoms with Gasteiger partial charge in [0.25, 0.3) is 0 Å². The quantitative estimate of drug-likeness (QED) is 0.823. The number of hydrogen-bond acceptors (Lipinski definition) is 3. The lowest BCUT2D eigenvalue weighted by atomic mass is 10.2. The maximum atomic E-state index is 10.8. The summed E-state index contributed by atoms with van der Waals surface area (Å²) in [6.07, 6.45) is -0.893. The Balaban J connectivity index is 2.01. The van der Waals surface area contributed by atoms with E-state index in [0.29, 0.717) is 26.2 Å². The topological polar surface area (TPSA) is 81.1 Å². The van der Waals surface area contributed by atoms with Crippen LogP contribution in [0.1, 0.15) is 10.4 Å². The van der Waals surface area contributed by atoms with E-state index in [2.05, 4.69) is 0 Å². The molecule has 0 unspecified atom stereocenters. The van der Waals surface area contributed by atoms with Gasteiger partial charge in [0.1, 0.15) is 0 Å². The summed E-state index contributed by atoms with van der Waals surface area (Å²) in [6.45, 7) is 2.18. The van der Waals surface area contributed by atoms with E-state index in [1.54, 1.807) is 24.3 Å². The molecule has 1 amide bonds. The van der Waals surface area contributed by atoms with Crippen molar-refractivity contribution in [2.75, 3.05) is 31.1 Å². The van der Waals surface area contributed by atoms with E-state index in [1.165, 1.54) is 4.90 Å². The van der Waals surface area contributed by atoms with Gasteiger partial charge in [0.2, 0.25) is 0 Å². The number of carboxylic acids is 1. The summed E-state index contributed by atoms with van der Waals surface area (Å²) in [5.41, 5.74) is 1.17. The zero-order chi connectivity index (χ0) is 13.1. The minimum Gasteiger partial charge on any atom is -0.478 e. The molecule has 18 heavy (non-hydrogen) atoms. The van der Waals surface area contributed by atoms with Crippen molar-refractivity contribution in [1.82, 2.24) is 4.90 Å². The Morgan fingerprint density at radius 2 is 1.50 bits per heavy atom. The standard InChI is InChI=1S/C12H14N2O4/c15-11(16)9-1-3-10(4-2-9)13-5-7-14(8-6-13)12(17)18/h1-4H,5-8H2,(H,15,16)(H,17,18). The van der Waals surface area contributed by atoms with Gasteiger partial charge in [-0.15, -0.1) is 0 Å². The number of carboxylic acid groups (broad SMARTS) is 2. The van der Waals surface area contributed by atoms with Crippen LogP contribution in [-0.4, -0.2) is 53.4 Å². The monoisotopic (exact) mass is 250 g/mol. The first-order chi connectivity index (χ1) is 8.58. The van der Waals surface area contributed by atoms with Crippen molar-refractivity contribution in [2.24, 2.45) is 0 Å². The number of amides is 1. The lowest BCUT2D eigenvalue weighted by Gasteiger charge is -2.34. The molecule has 1 aliphatic rings. The van der Waals surface area contributed by atoms with E-state index >= 15 is 0 Å². The minimum atomic E-state index is -0.947. The van der Waals surface area contributed by atoms with E-state index in [-0.39, 0.29) is 5.56 Å². The molecule has 0 radical (unpaired) electrons. The van der Waals surface area contributed by atoms with E-state index in [0.717, 1.165) is 5.69 Å². The first-order valence-electron chi connectivity index (χ1n) is 5.64. The molecule has 1 aromatic rings. The van der Waals surface area contributed by atoms with Crippen LogP contribution in [0, 0.1) is 0 Å². The average Bonchev–Trinajstić information content (AvgIpc) is 2.39. The van der Waals surface area contributed by atoms with Gasteiger partial charge in [0.15, 0.2) is 0 Å². The Bertz CT molecular complexity index is 450. The third-order valence-electron chi connectivity index (χ3n) is 3.03. The van der Waals surface area contributed by atoms with Gasteiger partial charge in [-0.05, 0) is 24.3 Å². The second-order valence-electron chi connectivity index (χ2n) is 4.11. The van der Waals surface area contributed by atoms with Crippen LogP contribution in [0.15, 0.2) is 24.3 Å². The molecule has 96 valence electrons. The third-order valence-corrected chi connectivity index (χ3v) is 3.03. The Kier molecular flexibility index (Phi) is 3.36. The molecule has 0 aromatic heterocycles. The van der Waals surface area contributed by atoms with E-state index in [9.17, 15) is 9.59 Å². The molecular weight excluding hydrogens is 236 g/mol. The van der Waals surface area contributed by atoms with Gasteiger partial charge in [0.05, 0.1) is 5.56 Å². The molecule has 0 spiro atoms. The second kappa shape index (κ2) is 4.95. The predicted octanol–water partition coefficient (Wildman–Crippen LogP) is 1.18. The lowest BCUT2D eigenvalue weighted by molar-refractivity contribution is 0.0696. The molecule has 0 aliphatic carbocycles. The number of aromatic carboxylic acids is 1. The molecule has 1 aromatic carbocycles. The minimum absolute atomic E-state index is 0.253. The molecule has 0 saturated carbocycles. The first-order valence-corrected chi connectivity index (χ1v) is 5.64. The van der Waals surface area contributed by atoms with E-state index in [1.807, 2.05) is 4.90 Å². The van der Waals surface area contributed by atoms with Gasteiger partial charge < -0.3 is 20.0 Å². The van der Waals surface area contributed by atoms with Crippen molar-refractivity contribution in [2.45, 2.75) is 0 Å². The van der Waals surface area contributed by atoms with Crippen LogP contribution >= 0.6 is 0 Å². The molecule has 1 fully saturated rings. The molecule has 6 heteroatoms. The summed E-state index contributed by atoms with van der Waals surface area (Å²) >= 11 is 0. The Morgan fingerprint density at radius 3 is 1.94 bits per heavy atom. The Labute approximate surface area is 104 Å². The molecule has 2 rings (SSSR count). The maximum Gasteiger partial charge on any atom is 0.407 e. The maximum absolute atomic E-state index is 10.8. The van der Waals surface area contributed by atoms with Gasteiger partial charge in [-0.1, -0.05) is 0 Å². The number of rotatable bonds is 2. The van der Waals surface area contributed by atoms with Crippen LogP contribution in [0.4, 0.5) is 10.5 Å². The number of nitrogens with zero attached hydrogens (tertiary/aromatic N) is 2. The average molecular weight is 250 g/mol. The van der Waals surface area contributed by atoms with Crippen molar-refractivity contribution < 1.29 is 19.8 Å². The SMILES string of the molecule is O=C(O)c1ccc(N2CCN(C(=O)O)CC2)cc1. The molecule has 0 atom stereocenters. The summed E-state index contributed by atoms with van der Waals surface area (Å²) in [5.74, 6) is -0.947. The summed E-state index contributed by atoms with van der Waals surface area (Å²) in [6, 6.07) is 6.61. The van der Waals surface area contributed by atoms with Crippen LogP contribution in [0.25, 0.3) is 0 Å². The number of piperazine rings is 1. The van der Waals surface area contributed by atoms with Crippen molar-refractivity contribution in [1.29, 1.82) is 0 Å². The second-order valence-corrected chi connectivity index (χ2v) is 4.11. The van der Waals surface area contributed by atoms with Crippen molar-refractivity contribution >= 4 is 17.7 Å². The fraction of sp³-hybridized carbons (Fsp3) is 0.333. The van der Waals surface area contributed by atoms with Crippen molar-refractivity contribution in [3.05, 3.63) is 29.8 Å². The molecular formula is C12H14N2O4. The summed E-state index contributed by atoms with van der Waals surface area (Å²) < 4.78 is 0. The highest BCUT2D eigenvalue weighted by atomic mass is 16.4. The fourth-order valence-corrected chi connectivity index (χ4v) is 1.97. The molecule has 1 saturated heterocycles. The van der Waals surface area contributed by atoms with Crippen LogP contribution in [-0.2, 0) is 0 Å². The van der Waals surface area contributed by atoms with E-state index in [4.69, 9.17) is 10.2 Å². The van der Waals surface area contributed by atoms with Gasteiger partial charge in [0, 0.05) is 31.9 Å². The van der Waals surface area contributed by atoms with Gasteiger partial charge >= 0.3 is 12.1 Å². The third kappa shape index (κ3) is 2.53. The summed E-state index contributed by atoms with van der Waals surface area (Å²) in [7, 11) is 0. The molecule has 6 nitrogen and oxygen atoms in total. The van der Waals surface area contributed by atoms with Crippen LogP contribution in [0.3, 0.4) is 0 Å².